The van der Waals surface area contributed by atoms with E-state index in [0.29, 0.717) is 10.3 Å². The van der Waals surface area contributed by atoms with Crippen LogP contribution in [0.4, 0.5) is 0 Å². The van der Waals surface area contributed by atoms with Gasteiger partial charge >= 0.3 is 0 Å². The topological polar surface area (TPSA) is 83.1 Å². The summed E-state index contributed by atoms with van der Waals surface area (Å²) in [5.74, 6) is 0. The van der Waals surface area contributed by atoms with Crippen LogP contribution in [0.15, 0.2) is 31.1 Å². The van der Waals surface area contributed by atoms with Crippen LogP contribution in [0.3, 0.4) is 0 Å². The van der Waals surface area contributed by atoms with Gasteiger partial charge < -0.3 is 9.97 Å². The number of hydrogen-bond acceptors (Lipinski definition) is 4. The molecule has 0 bridgehead atoms. The van der Waals surface area contributed by atoms with E-state index in [1.54, 1.807) is 6.20 Å². The summed E-state index contributed by atoms with van der Waals surface area (Å²) < 4.78 is 0. The van der Waals surface area contributed by atoms with Crippen molar-refractivity contribution in [3.05, 3.63) is 47.0 Å². The number of fused-ring (bicyclic) bond motifs is 2. The van der Waals surface area contributed by atoms with Crippen LogP contribution in [0.25, 0.3) is 22.1 Å². The SMILES string of the molecule is CC.CC.CC.Cc1c[nH]c2ncnc(Cl)c12.Clc1ncnc2[nH]ccc12. The van der Waals surface area contributed by atoms with E-state index in [4.69, 9.17) is 23.2 Å². The van der Waals surface area contributed by atoms with Gasteiger partial charge in [0.25, 0.3) is 0 Å². The van der Waals surface area contributed by atoms with Crippen molar-refractivity contribution in [3.63, 3.8) is 0 Å². The van der Waals surface area contributed by atoms with Crippen molar-refractivity contribution >= 4 is 45.3 Å². The van der Waals surface area contributed by atoms with E-state index in [2.05, 4.69) is 29.9 Å². The van der Waals surface area contributed by atoms with Crippen LogP contribution in [-0.4, -0.2) is 29.9 Å². The van der Waals surface area contributed by atoms with Crippen LogP contribution in [0.2, 0.25) is 10.3 Å². The first-order valence-corrected chi connectivity index (χ1v) is 9.80. The van der Waals surface area contributed by atoms with Crippen molar-refractivity contribution in [2.45, 2.75) is 48.5 Å². The number of aromatic nitrogens is 6. The molecule has 4 heterocycles. The van der Waals surface area contributed by atoms with E-state index in [0.717, 1.165) is 27.6 Å². The molecule has 0 aliphatic carbocycles. The van der Waals surface area contributed by atoms with Crippen LogP contribution in [-0.2, 0) is 0 Å². The average molecular weight is 411 g/mol. The first-order chi connectivity index (χ1) is 13.2. The van der Waals surface area contributed by atoms with Gasteiger partial charge in [0.05, 0.1) is 10.8 Å². The summed E-state index contributed by atoms with van der Waals surface area (Å²) in [6, 6.07) is 1.84. The second-order valence-electron chi connectivity index (χ2n) is 4.26. The fourth-order valence-corrected chi connectivity index (χ4v) is 2.39. The summed E-state index contributed by atoms with van der Waals surface area (Å²) in [4.78, 5) is 21.6. The Kier molecular flexibility index (Phi) is 12.8. The Morgan fingerprint density at radius 2 is 1.30 bits per heavy atom. The van der Waals surface area contributed by atoms with Crippen LogP contribution >= 0.6 is 23.2 Å². The maximum atomic E-state index is 5.83. The van der Waals surface area contributed by atoms with Gasteiger partial charge in [-0.05, 0) is 18.6 Å². The number of rotatable bonds is 0. The fraction of sp³-hybridized carbons (Fsp3) is 0.368. The van der Waals surface area contributed by atoms with E-state index in [9.17, 15) is 0 Å². The number of aromatic amines is 2. The van der Waals surface area contributed by atoms with Crippen molar-refractivity contribution in [2.75, 3.05) is 0 Å². The molecule has 0 aliphatic heterocycles. The van der Waals surface area contributed by atoms with E-state index in [1.165, 1.54) is 12.7 Å². The third kappa shape index (κ3) is 6.81. The van der Waals surface area contributed by atoms with E-state index < -0.39 is 0 Å². The first-order valence-electron chi connectivity index (χ1n) is 9.04. The monoisotopic (exact) mass is 410 g/mol. The Morgan fingerprint density at radius 1 is 0.741 bits per heavy atom. The molecule has 0 fully saturated rings. The van der Waals surface area contributed by atoms with Gasteiger partial charge in [-0.1, -0.05) is 64.7 Å². The Labute approximate surface area is 170 Å². The van der Waals surface area contributed by atoms with Gasteiger partial charge in [-0.25, -0.2) is 19.9 Å². The lowest BCUT2D eigenvalue weighted by Crippen LogP contribution is -1.80. The molecule has 0 saturated heterocycles. The van der Waals surface area contributed by atoms with Crippen LogP contribution in [0, 0.1) is 6.92 Å². The Morgan fingerprint density at radius 3 is 1.85 bits per heavy atom. The Hall–Kier alpha value is -2.18. The minimum Gasteiger partial charge on any atom is -0.346 e. The molecule has 0 aliphatic rings. The number of H-pyrrole nitrogens is 2. The summed E-state index contributed by atoms with van der Waals surface area (Å²) >= 11 is 11.6. The van der Waals surface area contributed by atoms with Crippen molar-refractivity contribution < 1.29 is 0 Å². The molecule has 2 N–H and O–H groups in total. The standard InChI is InChI=1S/C7H6ClN3.C6H4ClN3.3C2H6/c1-4-2-9-7-5(4)6(8)10-3-11-7;7-5-4-1-2-8-6(4)10-3-9-5;3*1-2/h2-3H,1H3,(H,9,10,11);1-3H,(H,8,9,10);3*1-2H3. The summed E-state index contributed by atoms with van der Waals surface area (Å²) in [7, 11) is 0. The molecule has 0 amide bonds. The van der Waals surface area contributed by atoms with Gasteiger partial charge in [0.1, 0.15) is 34.3 Å². The number of hydrogen-bond donors (Lipinski definition) is 2. The summed E-state index contributed by atoms with van der Waals surface area (Å²) in [6.45, 7) is 14.0. The lowest BCUT2D eigenvalue weighted by Gasteiger charge is -1.91. The van der Waals surface area contributed by atoms with Crippen molar-refractivity contribution in [1.29, 1.82) is 0 Å². The van der Waals surface area contributed by atoms with Crippen molar-refractivity contribution in [1.82, 2.24) is 29.9 Å². The van der Waals surface area contributed by atoms with Gasteiger partial charge in [0.15, 0.2) is 0 Å². The molecule has 4 rings (SSSR count). The maximum absolute atomic E-state index is 5.83. The van der Waals surface area contributed by atoms with Crippen LogP contribution < -0.4 is 0 Å². The highest BCUT2D eigenvalue weighted by atomic mass is 35.5. The number of nitrogens with zero attached hydrogens (tertiary/aromatic N) is 4. The zero-order valence-corrected chi connectivity index (χ0v) is 18.4. The highest BCUT2D eigenvalue weighted by Gasteiger charge is 2.04. The number of nitrogens with one attached hydrogen (secondary N) is 2. The van der Waals surface area contributed by atoms with Gasteiger partial charge in [0.2, 0.25) is 0 Å². The molecular formula is C19H28Cl2N6. The molecule has 0 atom stereocenters. The maximum Gasteiger partial charge on any atom is 0.142 e. The molecule has 4 aromatic heterocycles. The Balaban J connectivity index is 0.000000394. The molecule has 0 spiro atoms. The summed E-state index contributed by atoms with van der Waals surface area (Å²) in [5.41, 5.74) is 2.65. The molecule has 6 nitrogen and oxygen atoms in total. The molecule has 0 aromatic carbocycles. The van der Waals surface area contributed by atoms with E-state index >= 15 is 0 Å². The molecule has 0 unspecified atom stereocenters. The van der Waals surface area contributed by atoms with Gasteiger partial charge in [-0.2, -0.15) is 0 Å². The van der Waals surface area contributed by atoms with Crippen molar-refractivity contribution in [2.24, 2.45) is 0 Å². The molecule has 0 radical (unpaired) electrons. The smallest absolute Gasteiger partial charge is 0.142 e. The van der Waals surface area contributed by atoms with Gasteiger partial charge in [-0.3, -0.25) is 0 Å². The zero-order valence-electron chi connectivity index (χ0n) is 16.9. The number of halogens is 2. The fourth-order valence-electron chi connectivity index (χ4n) is 1.91. The molecule has 27 heavy (non-hydrogen) atoms. The lowest BCUT2D eigenvalue weighted by atomic mass is 10.3. The average Bonchev–Trinajstić information content (AvgIpc) is 3.36. The van der Waals surface area contributed by atoms with Gasteiger partial charge in [0, 0.05) is 12.4 Å². The Bertz CT molecular complexity index is 901. The zero-order chi connectivity index (χ0) is 20.8. The van der Waals surface area contributed by atoms with E-state index in [-0.39, 0.29) is 0 Å². The predicted octanol–water partition coefficient (Wildman–Crippen LogP) is 6.61. The lowest BCUT2D eigenvalue weighted by molar-refractivity contribution is 1.20. The highest BCUT2D eigenvalue weighted by molar-refractivity contribution is 6.34. The van der Waals surface area contributed by atoms with E-state index in [1.807, 2.05) is 60.7 Å². The second-order valence-corrected chi connectivity index (χ2v) is 4.98. The number of aryl methyl sites for hydroxylation is 1. The predicted molar refractivity (Wildman–Crippen MR) is 117 cm³/mol. The molecule has 4 aromatic rings. The minimum atomic E-state index is 0.492. The van der Waals surface area contributed by atoms with Crippen molar-refractivity contribution in [3.8, 4) is 0 Å². The quantitative estimate of drug-likeness (QED) is 0.319. The summed E-state index contributed by atoms with van der Waals surface area (Å²) in [5, 5.41) is 2.78. The third-order valence-electron chi connectivity index (χ3n) is 2.93. The highest BCUT2D eigenvalue weighted by Crippen LogP contribution is 2.21. The largest absolute Gasteiger partial charge is 0.346 e. The molecule has 8 heteroatoms. The first kappa shape index (κ1) is 24.8. The molecular weight excluding hydrogens is 383 g/mol. The molecule has 148 valence electrons. The van der Waals surface area contributed by atoms with Crippen LogP contribution in [0.5, 0.6) is 0 Å². The molecule has 0 saturated carbocycles. The third-order valence-corrected chi connectivity index (χ3v) is 3.51. The normalized spacial score (nSPS) is 8.93. The second kappa shape index (κ2) is 13.9. The van der Waals surface area contributed by atoms with Crippen LogP contribution in [0.1, 0.15) is 47.1 Å². The minimum absolute atomic E-state index is 0.492. The van der Waals surface area contributed by atoms with Gasteiger partial charge in [-0.15, -0.1) is 0 Å². The summed E-state index contributed by atoms with van der Waals surface area (Å²) in [6.07, 6.45) is 6.53.